The molecule has 2 aromatic heterocycles. The van der Waals surface area contributed by atoms with Gasteiger partial charge in [0.05, 0.1) is 5.52 Å². The Morgan fingerprint density at radius 3 is 2.41 bits per heavy atom. The smallest absolute Gasteiger partial charge is 0.280 e. The van der Waals surface area contributed by atoms with Crippen LogP contribution < -0.4 is 10.9 Å². The van der Waals surface area contributed by atoms with Crippen LogP contribution in [0.15, 0.2) is 59.4 Å². The van der Waals surface area contributed by atoms with Gasteiger partial charge in [-0.25, -0.2) is 4.68 Å². The van der Waals surface area contributed by atoms with E-state index in [-0.39, 0.29) is 34.9 Å². The van der Waals surface area contributed by atoms with Crippen LogP contribution in [0, 0.1) is 0 Å². The summed E-state index contributed by atoms with van der Waals surface area (Å²) in [5, 5.41) is 18.6. The Hall–Kier alpha value is -4.40. The molecule has 0 spiro atoms. The molecule has 2 amide bonds. The van der Waals surface area contributed by atoms with Gasteiger partial charge in [0.2, 0.25) is 0 Å². The van der Waals surface area contributed by atoms with E-state index in [0.29, 0.717) is 32.4 Å². The Morgan fingerprint density at radius 2 is 1.70 bits per heavy atom. The van der Waals surface area contributed by atoms with E-state index in [2.05, 4.69) is 22.5 Å². The fourth-order valence-corrected chi connectivity index (χ4v) is 5.47. The fraction of sp³-hybridized carbons (Fsp3) is 0.286. The number of nitrogens with one attached hydrogen (secondary N) is 1. The molecule has 0 saturated carbocycles. The van der Waals surface area contributed by atoms with Crippen LogP contribution in [0.25, 0.3) is 10.9 Å². The van der Waals surface area contributed by atoms with Gasteiger partial charge >= 0.3 is 0 Å². The highest BCUT2D eigenvalue weighted by Gasteiger charge is 2.34. The molecule has 9 heteroatoms. The van der Waals surface area contributed by atoms with E-state index in [1.807, 2.05) is 42.5 Å². The number of aryl methyl sites for hydroxylation is 2. The standard InChI is InChI=1S/C28H27N5O4/c1-31-13-14-32-23-21(25(34)24(32)28(31)37)27(36)33(12-11-17-7-3-2-4-8-17)30-22(23)26(35)29-20-15-18-9-5-6-10-19(18)16-20/h2-10,20,34H,11-16H2,1H3,(H,29,35). The predicted octanol–water partition coefficient (Wildman–Crippen LogP) is 2.13. The van der Waals surface area contributed by atoms with Gasteiger partial charge in [0.15, 0.2) is 17.1 Å². The molecule has 2 aliphatic rings. The zero-order valence-corrected chi connectivity index (χ0v) is 20.5. The molecule has 2 N–H and O–H groups in total. The number of carbonyl (C=O) groups excluding carboxylic acids is 2. The minimum absolute atomic E-state index is 0.0192. The summed E-state index contributed by atoms with van der Waals surface area (Å²) in [6.07, 6.45) is 1.94. The number of benzene rings is 2. The zero-order valence-electron chi connectivity index (χ0n) is 20.5. The summed E-state index contributed by atoms with van der Waals surface area (Å²) in [5.74, 6) is -1.22. The normalized spacial score (nSPS) is 15.2. The minimum Gasteiger partial charge on any atom is -0.505 e. The van der Waals surface area contributed by atoms with Crippen molar-refractivity contribution < 1.29 is 14.7 Å². The number of rotatable bonds is 5. The lowest BCUT2D eigenvalue weighted by atomic mass is 10.1. The van der Waals surface area contributed by atoms with Crippen molar-refractivity contribution in [1.82, 2.24) is 24.6 Å². The molecule has 0 atom stereocenters. The fourth-order valence-electron chi connectivity index (χ4n) is 5.47. The summed E-state index contributed by atoms with van der Waals surface area (Å²) in [6.45, 7) is 0.964. The van der Waals surface area contributed by atoms with Gasteiger partial charge in [0.1, 0.15) is 5.39 Å². The Bertz CT molecular complexity index is 1580. The molecule has 188 valence electrons. The molecular weight excluding hydrogens is 470 g/mol. The summed E-state index contributed by atoms with van der Waals surface area (Å²) in [5.41, 5.74) is 3.16. The van der Waals surface area contributed by atoms with Crippen molar-refractivity contribution in [2.45, 2.75) is 38.4 Å². The Labute approximate surface area is 212 Å². The third kappa shape index (κ3) is 3.87. The molecule has 0 unspecified atom stereocenters. The number of amides is 2. The molecule has 1 aliphatic carbocycles. The van der Waals surface area contributed by atoms with Crippen molar-refractivity contribution in [2.75, 3.05) is 13.6 Å². The average Bonchev–Trinajstić information content (AvgIpc) is 3.45. The molecule has 6 rings (SSSR count). The molecule has 1 aliphatic heterocycles. The monoisotopic (exact) mass is 497 g/mol. The van der Waals surface area contributed by atoms with Crippen LogP contribution in [-0.4, -0.2) is 55.8 Å². The molecule has 3 heterocycles. The van der Waals surface area contributed by atoms with Crippen LogP contribution >= 0.6 is 0 Å². The molecule has 4 aromatic rings. The van der Waals surface area contributed by atoms with Gasteiger partial charge in [-0.15, -0.1) is 0 Å². The van der Waals surface area contributed by atoms with Crippen molar-refractivity contribution in [2.24, 2.45) is 0 Å². The van der Waals surface area contributed by atoms with Crippen LogP contribution in [0.5, 0.6) is 5.75 Å². The molecule has 0 radical (unpaired) electrons. The third-order valence-corrected chi connectivity index (χ3v) is 7.40. The lowest BCUT2D eigenvalue weighted by molar-refractivity contribution is 0.0746. The van der Waals surface area contributed by atoms with Crippen LogP contribution in [-0.2, 0) is 32.4 Å². The lowest BCUT2D eigenvalue weighted by Gasteiger charge is -2.25. The second-order valence-corrected chi connectivity index (χ2v) is 9.76. The van der Waals surface area contributed by atoms with Crippen molar-refractivity contribution in [3.05, 3.63) is 93.0 Å². The van der Waals surface area contributed by atoms with E-state index in [1.54, 1.807) is 11.6 Å². The maximum Gasteiger partial charge on any atom is 0.280 e. The lowest BCUT2D eigenvalue weighted by Crippen LogP contribution is -2.39. The van der Waals surface area contributed by atoms with E-state index in [9.17, 15) is 19.5 Å². The number of aromatic hydroxyl groups is 1. The van der Waals surface area contributed by atoms with Gasteiger partial charge in [-0.1, -0.05) is 54.6 Å². The summed E-state index contributed by atoms with van der Waals surface area (Å²) < 4.78 is 2.80. The largest absolute Gasteiger partial charge is 0.505 e. The van der Waals surface area contributed by atoms with Crippen LogP contribution in [0.2, 0.25) is 0 Å². The highest BCUT2D eigenvalue weighted by atomic mass is 16.3. The van der Waals surface area contributed by atoms with E-state index in [0.717, 1.165) is 5.56 Å². The molecule has 0 bridgehead atoms. The number of hydrogen-bond acceptors (Lipinski definition) is 5. The quantitative estimate of drug-likeness (QED) is 0.439. The SMILES string of the molecule is CN1CCn2c(c(O)c3c(=O)n(CCc4ccccc4)nc(C(=O)NC4Cc5ccccc5C4)c32)C1=O. The maximum atomic E-state index is 13.7. The first-order valence-corrected chi connectivity index (χ1v) is 12.5. The van der Waals surface area contributed by atoms with Gasteiger partial charge in [0, 0.05) is 32.7 Å². The van der Waals surface area contributed by atoms with Gasteiger partial charge in [-0.2, -0.15) is 5.10 Å². The third-order valence-electron chi connectivity index (χ3n) is 7.40. The zero-order chi connectivity index (χ0) is 25.7. The molecule has 2 aromatic carbocycles. The van der Waals surface area contributed by atoms with Gasteiger partial charge in [-0.3, -0.25) is 14.4 Å². The summed E-state index contributed by atoms with van der Waals surface area (Å²) in [6, 6.07) is 17.7. The maximum absolute atomic E-state index is 13.7. The van der Waals surface area contributed by atoms with Gasteiger partial charge in [-0.05, 0) is 36.0 Å². The van der Waals surface area contributed by atoms with Gasteiger partial charge < -0.3 is 19.9 Å². The average molecular weight is 498 g/mol. The molecule has 9 nitrogen and oxygen atoms in total. The summed E-state index contributed by atoms with van der Waals surface area (Å²) in [7, 11) is 1.64. The first kappa shape index (κ1) is 23.0. The van der Waals surface area contributed by atoms with Crippen LogP contribution in [0.3, 0.4) is 0 Å². The number of carbonyl (C=O) groups is 2. The molecule has 0 saturated heterocycles. The number of likely N-dealkylation sites (N-methyl/N-ethyl adjacent to an activating group) is 1. The van der Waals surface area contributed by atoms with Gasteiger partial charge in [0.25, 0.3) is 17.4 Å². The highest BCUT2D eigenvalue weighted by molar-refractivity contribution is 6.10. The second-order valence-electron chi connectivity index (χ2n) is 9.76. The van der Waals surface area contributed by atoms with E-state index >= 15 is 0 Å². The number of fused-ring (bicyclic) bond motifs is 4. The van der Waals surface area contributed by atoms with Crippen molar-refractivity contribution in [1.29, 1.82) is 0 Å². The molecule has 37 heavy (non-hydrogen) atoms. The highest BCUT2D eigenvalue weighted by Crippen LogP contribution is 2.34. The molecule has 0 fully saturated rings. The van der Waals surface area contributed by atoms with E-state index < -0.39 is 23.1 Å². The number of hydrogen-bond donors (Lipinski definition) is 2. The van der Waals surface area contributed by atoms with Crippen LogP contribution in [0.4, 0.5) is 0 Å². The Balaban J connectivity index is 1.43. The second kappa shape index (κ2) is 8.92. The van der Waals surface area contributed by atoms with E-state index in [1.165, 1.54) is 20.7 Å². The number of nitrogens with zero attached hydrogens (tertiary/aromatic N) is 4. The minimum atomic E-state index is -0.523. The number of aromatic nitrogens is 3. The van der Waals surface area contributed by atoms with Crippen molar-refractivity contribution >= 4 is 22.7 Å². The summed E-state index contributed by atoms with van der Waals surface area (Å²) >= 11 is 0. The Morgan fingerprint density at radius 1 is 1.03 bits per heavy atom. The predicted molar refractivity (Wildman–Crippen MR) is 138 cm³/mol. The summed E-state index contributed by atoms with van der Waals surface area (Å²) in [4.78, 5) is 41.6. The van der Waals surface area contributed by atoms with Crippen LogP contribution in [0.1, 0.15) is 37.7 Å². The van der Waals surface area contributed by atoms with Crippen molar-refractivity contribution in [3.8, 4) is 5.75 Å². The topological polar surface area (TPSA) is 109 Å². The Kier molecular flexibility index (Phi) is 5.55. The first-order chi connectivity index (χ1) is 17.9. The van der Waals surface area contributed by atoms with Crippen molar-refractivity contribution in [3.63, 3.8) is 0 Å². The van der Waals surface area contributed by atoms with E-state index in [4.69, 9.17) is 0 Å². The molecular formula is C28H27N5O4. The first-order valence-electron chi connectivity index (χ1n) is 12.5.